The van der Waals surface area contributed by atoms with Crippen LogP contribution in [-0.4, -0.2) is 6.54 Å². The van der Waals surface area contributed by atoms with E-state index in [1.807, 2.05) is 0 Å². The van der Waals surface area contributed by atoms with E-state index < -0.39 is 0 Å². The third kappa shape index (κ3) is 1.36. The van der Waals surface area contributed by atoms with Gasteiger partial charge in [0.25, 0.3) is 0 Å². The summed E-state index contributed by atoms with van der Waals surface area (Å²) in [7, 11) is 0. The predicted octanol–water partition coefficient (Wildman–Crippen LogP) is 2.75. The Hall–Kier alpha value is -0.820. The largest absolute Gasteiger partial charge is 0.309 e. The molecule has 0 radical (unpaired) electrons. The Morgan fingerprint density at radius 1 is 1.07 bits per heavy atom. The maximum atomic E-state index is 3.70. The molecule has 1 N–H and O–H groups in total. The first-order valence-electron chi connectivity index (χ1n) is 5.72. The van der Waals surface area contributed by atoms with Crippen molar-refractivity contribution in [2.75, 3.05) is 6.54 Å². The molecule has 74 valence electrons. The number of piperidine rings is 1. The van der Waals surface area contributed by atoms with Gasteiger partial charge in [0.1, 0.15) is 0 Å². The summed E-state index contributed by atoms with van der Waals surface area (Å²) in [6.45, 7) is 1.23. The fraction of sp³-hybridized carbons (Fsp3) is 0.538. The molecule has 0 amide bonds. The molecule has 1 aromatic rings. The normalized spacial score (nSPS) is 35.9. The molecule has 1 aliphatic heterocycles. The summed E-state index contributed by atoms with van der Waals surface area (Å²) in [6, 6.07) is 11.6. The maximum Gasteiger partial charge on any atom is 0.0348 e. The Labute approximate surface area is 85.5 Å². The third-order valence-corrected chi connectivity index (χ3v) is 3.84. The molecular formula is C13H17N. The average Bonchev–Trinajstić information content (AvgIpc) is 2.62. The summed E-state index contributed by atoms with van der Waals surface area (Å²) in [5.41, 5.74) is 1.48. The van der Waals surface area contributed by atoms with Crippen LogP contribution in [0.15, 0.2) is 30.3 Å². The first kappa shape index (κ1) is 8.49. The molecule has 1 heterocycles. The van der Waals surface area contributed by atoms with Gasteiger partial charge in [0.05, 0.1) is 0 Å². The monoisotopic (exact) mass is 187 g/mol. The summed E-state index contributed by atoms with van der Waals surface area (Å²) < 4.78 is 0. The second kappa shape index (κ2) is 3.39. The molecule has 1 heteroatoms. The van der Waals surface area contributed by atoms with E-state index in [2.05, 4.69) is 35.6 Å². The Bertz CT molecular complexity index is 306. The molecule has 0 unspecified atom stereocenters. The van der Waals surface area contributed by atoms with Crippen LogP contribution in [0.3, 0.4) is 0 Å². The molecule has 0 spiro atoms. The van der Waals surface area contributed by atoms with Gasteiger partial charge in [-0.05, 0) is 43.2 Å². The highest BCUT2D eigenvalue weighted by Gasteiger charge is 2.35. The van der Waals surface area contributed by atoms with Gasteiger partial charge < -0.3 is 5.32 Å². The van der Waals surface area contributed by atoms with Crippen molar-refractivity contribution >= 4 is 0 Å². The Balaban J connectivity index is 1.85. The summed E-state index contributed by atoms with van der Waals surface area (Å²) in [4.78, 5) is 0. The highest BCUT2D eigenvalue weighted by Crippen LogP contribution is 2.42. The lowest BCUT2D eigenvalue weighted by Gasteiger charge is -2.30. The minimum Gasteiger partial charge on any atom is -0.309 e. The zero-order valence-corrected chi connectivity index (χ0v) is 8.45. The minimum atomic E-state index is 0.634. The van der Waals surface area contributed by atoms with Gasteiger partial charge in [-0.15, -0.1) is 0 Å². The van der Waals surface area contributed by atoms with Crippen LogP contribution in [0.1, 0.15) is 30.9 Å². The quantitative estimate of drug-likeness (QED) is 0.713. The van der Waals surface area contributed by atoms with Crippen LogP contribution in [0, 0.1) is 11.8 Å². The molecule has 1 nitrogen and oxygen atoms in total. The van der Waals surface area contributed by atoms with Crippen LogP contribution in [0.5, 0.6) is 0 Å². The summed E-state index contributed by atoms with van der Waals surface area (Å²) in [5.74, 6) is 1.87. The Morgan fingerprint density at radius 3 is 2.79 bits per heavy atom. The third-order valence-electron chi connectivity index (χ3n) is 3.84. The van der Waals surface area contributed by atoms with Gasteiger partial charge in [-0.2, -0.15) is 0 Å². The van der Waals surface area contributed by atoms with Gasteiger partial charge in [0.2, 0.25) is 0 Å². The number of benzene rings is 1. The van der Waals surface area contributed by atoms with Crippen LogP contribution >= 0.6 is 0 Å². The Morgan fingerprint density at radius 2 is 1.93 bits per heavy atom. The van der Waals surface area contributed by atoms with Crippen molar-refractivity contribution in [2.24, 2.45) is 11.8 Å². The van der Waals surface area contributed by atoms with E-state index in [1.54, 1.807) is 0 Å². The molecule has 1 aromatic carbocycles. The van der Waals surface area contributed by atoms with E-state index in [-0.39, 0.29) is 0 Å². The molecule has 2 bridgehead atoms. The number of nitrogens with one attached hydrogen (secondary N) is 1. The zero-order valence-electron chi connectivity index (χ0n) is 8.45. The SMILES string of the molecule is c1ccc([C@@H]2NC[C@@H]3CC[C@H]2C3)cc1. The molecule has 3 rings (SSSR count). The lowest BCUT2D eigenvalue weighted by molar-refractivity contribution is 0.293. The van der Waals surface area contributed by atoms with Crippen molar-refractivity contribution in [3.8, 4) is 0 Å². The first-order chi connectivity index (χ1) is 6.93. The fourth-order valence-corrected chi connectivity index (χ4v) is 3.11. The van der Waals surface area contributed by atoms with Gasteiger partial charge >= 0.3 is 0 Å². The van der Waals surface area contributed by atoms with Crippen molar-refractivity contribution < 1.29 is 0 Å². The van der Waals surface area contributed by atoms with Crippen LogP contribution in [0.25, 0.3) is 0 Å². The lowest BCUT2D eigenvalue weighted by Crippen LogP contribution is -2.34. The van der Waals surface area contributed by atoms with E-state index in [0.29, 0.717) is 6.04 Å². The first-order valence-corrected chi connectivity index (χ1v) is 5.72. The van der Waals surface area contributed by atoms with Crippen molar-refractivity contribution in [1.82, 2.24) is 5.32 Å². The molecule has 2 aliphatic rings. The molecule has 0 aromatic heterocycles. The highest BCUT2D eigenvalue weighted by molar-refractivity contribution is 5.21. The van der Waals surface area contributed by atoms with Crippen LogP contribution in [0.4, 0.5) is 0 Å². The van der Waals surface area contributed by atoms with Crippen LogP contribution in [-0.2, 0) is 0 Å². The van der Waals surface area contributed by atoms with Gasteiger partial charge in [-0.25, -0.2) is 0 Å². The van der Waals surface area contributed by atoms with Crippen molar-refractivity contribution in [3.05, 3.63) is 35.9 Å². The highest BCUT2D eigenvalue weighted by atomic mass is 14.9. The number of fused-ring (bicyclic) bond motifs is 2. The van der Waals surface area contributed by atoms with E-state index in [1.165, 1.54) is 31.4 Å². The van der Waals surface area contributed by atoms with E-state index in [4.69, 9.17) is 0 Å². The van der Waals surface area contributed by atoms with Gasteiger partial charge in [0, 0.05) is 6.04 Å². The minimum absolute atomic E-state index is 0.634. The Kier molecular flexibility index (Phi) is 2.06. The number of hydrogen-bond donors (Lipinski definition) is 1. The molecule has 1 saturated heterocycles. The molecule has 3 atom stereocenters. The van der Waals surface area contributed by atoms with E-state index in [0.717, 1.165) is 11.8 Å². The molecule has 14 heavy (non-hydrogen) atoms. The van der Waals surface area contributed by atoms with Crippen molar-refractivity contribution in [3.63, 3.8) is 0 Å². The van der Waals surface area contributed by atoms with Gasteiger partial charge in [0.15, 0.2) is 0 Å². The second-order valence-corrected chi connectivity index (χ2v) is 4.74. The van der Waals surface area contributed by atoms with Gasteiger partial charge in [-0.1, -0.05) is 30.3 Å². The van der Waals surface area contributed by atoms with Gasteiger partial charge in [-0.3, -0.25) is 0 Å². The van der Waals surface area contributed by atoms with Crippen molar-refractivity contribution in [1.29, 1.82) is 0 Å². The standard InChI is InChI=1S/C13H17N/c1-2-4-11(5-3-1)13-12-7-6-10(8-12)9-14-13/h1-5,10,12-14H,6-9H2/t10-,12+,13+/m1/s1. The van der Waals surface area contributed by atoms with E-state index in [9.17, 15) is 0 Å². The zero-order chi connectivity index (χ0) is 9.38. The summed E-state index contributed by atoms with van der Waals surface area (Å²) in [6.07, 6.45) is 4.32. The maximum absolute atomic E-state index is 3.70. The smallest absolute Gasteiger partial charge is 0.0348 e. The van der Waals surface area contributed by atoms with Crippen LogP contribution < -0.4 is 5.32 Å². The summed E-state index contributed by atoms with van der Waals surface area (Å²) in [5, 5.41) is 3.70. The molecule has 1 saturated carbocycles. The average molecular weight is 187 g/mol. The predicted molar refractivity (Wildman–Crippen MR) is 58.0 cm³/mol. The topological polar surface area (TPSA) is 12.0 Å². The molecule has 2 fully saturated rings. The van der Waals surface area contributed by atoms with Crippen molar-refractivity contribution in [2.45, 2.75) is 25.3 Å². The summed E-state index contributed by atoms with van der Waals surface area (Å²) >= 11 is 0. The lowest BCUT2D eigenvalue weighted by atomic mass is 9.88. The fourth-order valence-electron chi connectivity index (χ4n) is 3.11. The van der Waals surface area contributed by atoms with E-state index >= 15 is 0 Å². The molecular weight excluding hydrogens is 170 g/mol. The number of hydrogen-bond acceptors (Lipinski definition) is 1. The van der Waals surface area contributed by atoms with Crippen LogP contribution in [0.2, 0.25) is 0 Å². The molecule has 1 aliphatic carbocycles. The second-order valence-electron chi connectivity index (χ2n) is 4.74. The number of rotatable bonds is 1.